The standard InChI is InChI=1S/C13H12BrNO2/c1-2-9-3-5-11(6-4-9)15-8-10(14)7-12(15)13(16)17/h3-8H,2H2,1H3,(H,16,17). The van der Waals surface area contributed by atoms with Crippen LogP contribution in [0.4, 0.5) is 0 Å². The van der Waals surface area contributed by atoms with Crippen LogP contribution in [0.5, 0.6) is 0 Å². The third-order valence-electron chi connectivity index (χ3n) is 2.63. The van der Waals surface area contributed by atoms with Crippen LogP contribution < -0.4 is 0 Å². The molecule has 0 saturated heterocycles. The van der Waals surface area contributed by atoms with Gasteiger partial charge < -0.3 is 9.67 Å². The summed E-state index contributed by atoms with van der Waals surface area (Å²) in [5.74, 6) is -0.935. The Bertz CT molecular complexity index is 543. The van der Waals surface area contributed by atoms with Crippen molar-refractivity contribution in [1.29, 1.82) is 0 Å². The van der Waals surface area contributed by atoms with E-state index in [1.54, 1.807) is 16.8 Å². The summed E-state index contributed by atoms with van der Waals surface area (Å²) in [6, 6.07) is 9.47. The van der Waals surface area contributed by atoms with Gasteiger partial charge >= 0.3 is 5.97 Å². The summed E-state index contributed by atoms with van der Waals surface area (Å²) in [7, 11) is 0. The molecule has 1 N–H and O–H groups in total. The number of carboxylic acid groups (broad SMARTS) is 1. The van der Waals surface area contributed by atoms with Crippen LogP contribution in [-0.2, 0) is 6.42 Å². The zero-order valence-electron chi connectivity index (χ0n) is 9.35. The largest absolute Gasteiger partial charge is 0.477 e. The molecule has 0 fully saturated rings. The summed E-state index contributed by atoms with van der Waals surface area (Å²) in [6.07, 6.45) is 2.73. The first-order valence-corrected chi connectivity index (χ1v) is 6.11. The number of aryl methyl sites for hydroxylation is 1. The minimum absolute atomic E-state index is 0.251. The number of hydrogen-bond acceptors (Lipinski definition) is 1. The first-order valence-electron chi connectivity index (χ1n) is 5.32. The number of hydrogen-bond donors (Lipinski definition) is 1. The Morgan fingerprint density at radius 3 is 2.53 bits per heavy atom. The Morgan fingerprint density at radius 1 is 1.35 bits per heavy atom. The average Bonchev–Trinajstić information content (AvgIpc) is 2.72. The summed E-state index contributed by atoms with van der Waals surface area (Å²) in [4.78, 5) is 11.1. The fraction of sp³-hybridized carbons (Fsp3) is 0.154. The lowest BCUT2D eigenvalue weighted by Gasteiger charge is -2.06. The number of aromatic nitrogens is 1. The first kappa shape index (κ1) is 11.9. The van der Waals surface area contributed by atoms with Crippen molar-refractivity contribution in [2.45, 2.75) is 13.3 Å². The highest BCUT2D eigenvalue weighted by molar-refractivity contribution is 9.10. The molecule has 88 valence electrons. The van der Waals surface area contributed by atoms with E-state index >= 15 is 0 Å². The fourth-order valence-corrected chi connectivity index (χ4v) is 2.12. The van der Waals surface area contributed by atoms with Crippen molar-refractivity contribution in [3.63, 3.8) is 0 Å². The highest BCUT2D eigenvalue weighted by atomic mass is 79.9. The molecule has 0 saturated carbocycles. The Hall–Kier alpha value is -1.55. The SMILES string of the molecule is CCc1ccc(-n2cc(Br)cc2C(=O)O)cc1. The van der Waals surface area contributed by atoms with E-state index in [0.29, 0.717) is 0 Å². The summed E-state index contributed by atoms with van der Waals surface area (Å²) in [6.45, 7) is 2.09. The highest BCUT2D eigenvalue weighted by Crippen LogP contribution is 2.20. The Morgan fingerprint density at radius 2 is 2.00 bits per heavy atom. The van der Waals surface area contributed by atoms with Crippen molar-refractivity contribution in [3.05, 3.63) is 52.3 Å². The number of carbonyl (C=O) groups is 1. The van der Waals surface area contributed by atoms with Gasteiger partial charge in [0.25, 0.3) is 0 Å². The predicted molar refractivity (Wildman–Crippen MR) is 69.8 cm³/mol. The van der Waals surface area contributed by atoms with E-state index in [2.05, 4.69) is 22.9 Å². The summed E-state index contributed by atoms with van der Waals surface area (Å²) in [5, 5.41) is 9.10. The number of aromatic carboxylic acids is 1. The van der Waals surface area contributed by atoms with Crippen molar-refractivity contribution >= 4 is 21.9 Å². The van der Waals surface area contributed by atoms with Gasteiger partial charge in [0.15, 0.2) is 0 Å². The lowest BCUT2D eigenvalue weighted by molar-refractivity contribution is 0.0688. The third kappa shape index (κ3) is 2.42. The summed E-state index contributed by atoms with van der Waals surface area (Å²) >= 11 is 3.29. The maximum Gasteiger partial charge on any atom is 0.352 e. The summed E-state index contributed by atoms with van der Waals surface area (Å²) < 4.78 is 2.42. The molecular formula is C13H12BrNO2. The molecule has 0 spiro atoms. The molecule has 0 radical (unpaired) electrons. The quantitative estimate of drug-likeness (QED) is 0.941. The van der Waals surface area contributed by atoms with Gasteiger partial charge in [0.05, 0.1) is 0 Å². The average molecular weight is 294 g/mol. The van der Waals surface area contributed by atoms with Crippen LogP contribution in [0.15, 0.2) is 41.0 Å². The fourth-order valence-electron chi connectivity index (χ4n) is 1.70. The highest BCUT2D eigenvalue weighted by Gasteiger charge is 2.12. The van der Waals surface area contributed by atoms with Crippen molar-refractivity contribution in [3.8, 4) is 5.69 Å². The smallest absolute Gasteiger partial charge is 0.352 e. The van der Waals surface area contributed by atoms with Gasteiger partial charge in [-0.25, -0.2) is 4.79 Å². The van der Waals surface area contributed by atoms with Gasteiger partial charge in [0, 0.05) is 16.4 Å². The number of benzene rings is 1. The first-order chi connectivity index (χ1) is 8.11. The molecule has 0 atom stereocenters. The van der Waals surface area contributed by atoms with E-state index in [1.165, 1.54) is 5.56 Å². The molecule has 4 heteroatoms. The zero-order chi connectivity index (χ0) is 12.4. The molecule has 17 heavy (non-hydrogen) atoms. The second-order valence-corrected chi connectivity index (χ2v) is 4.65. The van der Waals surface area contributed by atoms with Crippen LogP contribution in [0.25, 0.3) is 5.69 Å². The van der Waals surface area contributed by atoms with Gasteiger partial charge in [-0.05, 0) is 46.1 Å². The zero-order valence-corrected chi connectivity index (χ0v) is 10.9. The molecule has 0 aliphatic carbocycles. The monoisotopic (exact) mass is 293 g/mol. The van der Waals surface area contributed by atoms with Crippen molar-refractivity contribution < 1.29 is 9.90 Å². The molecule has 3 nitrogen and oxygen atoms in total. The third-order valence-corrected chi connectivity index (χ3v) is 3.06. The van der Waals surface area contributed by atoms with Gasteiger partial charge in [0.1, 0.15) is 5.69 Å². The van der Waals surface area contributed by atoms with E-state index in [0.717, 1.165) is 16.6 Å². The molecule has 0 bridgehead atoms. The van der Waals surface area contributed by atoms with Gasteiger partial charge in [-0.3, -0.25) is 0 Å². The van der Waals surface area contributed by atoms with Crippen LogP contribution in [-0.4, -0.2) is 15.6 Å². The lowest BCUT2D eigenvalue weighted by Crippen LogP contribution is -2.05. The molecule has 2 rings (SSSR count). The van der Waals surface area contributed by atoms with Crippen molar-refractivity contribution in [1.82, 2.24) is 4.57 Å². The lowest BCUT2D eigenvalue weighted by atomic mass is 10.1. The number of nitrogens with zero attached hydrogens (tertiary/aromatic N) is 1. The minimum atomic E-state index is -0.935. The van der Waals surface area contributed by atoms with E-state index in [4.69, 9.17) is 5.11 Å². The number of rotatable bonds is 3. The second kappa shape index (κ2) is 4.75. The van der Waals surface area contributed by atoms with E-state index in [1.807, 2.05) is 24.3 Å². The van der Waals surface area contributed by atoms with E-state index in [9.17, 15) is 4.79 Å². The molecule has 1 heterocycles. The van der Waals surface area contributed by atoms with Gasteiger partial charge in [-0.2, -0.15) is 0 Å². The molecular weight excluding hydrogens is 282 g/mol. The molecule has 1 aromatic heterocycles. The van der Waals surface area contributed by atoms with Crippen LogP contribution in [0.2, 0.25) is 0 Å². The molecule has 0 unspecified atom stereocenters. The van der Waals surface area contributed by atoms with Crippen molar-refractivity contribution in [2.75, 3.05) is 0 Å². The maximum absolute atomic E-state index is 11.1. The summed E-state index contributed by atoms with van der Waals surface area (Å²) in [5.41, 5.74) is 2.34. The molecule has 2 aromatic rings. The maximum atomic E-state index is 11.1. The Balaban J connectivity index is 2.48. The van der Waals surface area contributed by atoms with Gasteiger partial charge in [-0.1, -0.05) is 19.1 Å². The molecule has 0 aliphatic heterocycles. The Kier molecular flexibility index (Phi) is 3.33. The van der Waals surface area contributed by atoms with Gasteiger partial charge in [-0.15, -0.1) is 0 Å². The van der Waals surface area contributed by atoms with Gasteiger partial charge in [0.2, 0.25) is 0 Å². The van der Waals surface area contributed by atoms with Crippen LogP contribution in [0, 0.1) is 0 Å². The second-order valence-electron chi connectivity index (χ2n) is 3.74. The normalized spacial score (nSPS) is 10.5. The Labute approximate surface area is 108 Å². The number of carboxylic acids is 1. The van der Waals surface area contributed by atoms with Crippen LogP contribution in [0.3, 0.4) is 0 Å². The molecule has 0 aliphatic rings. The topological polar surface area (TPSA) is 42.2 Å². The van der Waals surface area contributed by atoms with E-state index in [-0.39, 0.29) is 5.69 Å². The van der Waals surface area contributed by atoms with E-state index < -0.39 is 5.97 Å². The number of halogens is 1. The minimum Gasteiger partial charge on any atom is -0.477 e. The predicted octanol–water partition coefficient (Wildman–Crippen LogP) is 3.50. The van der Waals surface area contributed by atoms with Crippen LogP contribution >= 0.6 is 15.9 Å². The molecule has 1 aromatic carbocycles. The van der Waals surface area contributed by atoms with Crippen molar-refractivity contribution in [2.24, 2.45) is 0 Å². The molecule has 0 amide bonds. The van der Waals surface area contributed by atoms with Crippen LogP contribution in [0.1, 0.15) is 23.0 Å².